The smallest absolute Gasteiger partial charge is 0.254 e. The van der Waals surface area contributed by atoms with Gasteiger partial charge in [0.2, 0.25) is 5.91 Å². The summed E-state index contributed by atoms with van der Waals surface area (Å²) in [4.78, 5) is 28.6. The molecule has 2 amide bonds. The molecule has 0 saturated carbocycles. The van der Waals surface area contributed by atoms with Crippen molar-refractivity contribution in [3.63, 3.8) is 0 Å². The highest BCUT2D eigenvalue weighted by atomic mass is 19.1. The van der Waals surface area contributed by atoms with Gasteiger partial charge in [-0.2, -0.15) is 0 Å². The Morgan fingerprint density at radius 1 is 0.964 bits per heavy atom. The number of rotatable bonds is 4. The van der Waals surface area contributed by atoms with Crippen LogP contribution >= 0.6 is 0 Å². The van der Waals surface area contributed by atoms with Crippen LogP contribution in [0.1, 0.15) is 27.0 Å². The van der Waals surface area contributed by atoms with Gasteiger partial charge >= 0.3 is 0 Å². The molecular formula is C22H26FN3O2. The van der Waals surface area contributed by atoms with Crippen molar-refractivity contribution in [2.45, 2.75) is 20.8 Å². The van der Waals surface area contributed by atoms with Crippen LogP contribution in [-0.4, -0.2) is 54.3 Å². The number of nitrogens with zero attached hydrogens (tertiary/aromatic N) is 2. The summed E-state index contributed by atoms with van der Waals surface area (Å²) in [6.45, 7) is 8.22. The Morgan fingerprint density at radius 2 is 1.61 bits per heavy atom. The van der Waals surface area contributed by atoms with Gasteiger partial charge in [-0.25, -0.2) is 4.39 Å². The van der Waals surface area contributed by atoms with Crippen molar-refractivity contribution in [3.05, 3.63) is 64.5 Å². The molecule has 1 N–H and O–H groups in total. The predicted octanol–water partition coefficient (Wildman–Crippen LogP) is 3.15. The van der Waals surface area contributed by atoms with Gasteiger partial charge in [-0.1, -0.05) is 12.1 Å². The lowest BCUT2D eigenvalue weighted by Gasteiger charge is -2.34. The molecule has 1 aliphatic rings. The van der Waals surface area contributed by atoms with E-state index >= 15 is 0 Å². The van der Waals surface area contributed by atoms with Crippen LogP contribution in [0.5, 0.6) is 0 Å². The summed E-state index contributed by atoms with van der Waals surface area (Å²) in [5.74, 6) is -0.601. The fourth-order valence-corrected chi connectivity index (χ4v) is 3.47. The van der Waals surface area contributed by atoms with Crippen molar-refractivity contribution in [1.29, 1.82) is 0 Å². The van der Waals surface area contributed by atoms with Crippen LogP contribution in [0.4, 0.5) is 10.1 Å². The van der Waals surface area contributed by atoms with Gasteiger partial charge in [-0.05, 0) is 61.7 Å². The van der Waals surface area contributed by atoms with E-state index in [2.05, 4.69) is 11.4 Å². The fourth-order valence-electron chi connectivity index (χ4n) is 3.47. The third-order valence-corrected chi connectivity index (χ3v) is 4.95. The zero-order chi connectivity index (χ0) is 20.3. The minimum atomic E-state index is -0.368. The van der Waals surface area contributed by atoms with Gasteiger partial charge in [0.25, 0.3) is 5.91 Å². The number of aryl methyl sites for hydroxylation is 3. The van der Waals surface area contributed by atoms with Gasteiger partial charge in [-0.15, -0.1) is 0 Å². The molecule has 148 valence electrons. The van der Waals surface area contributed by atoms with Crippen LogP contribution < -0.4 is 5.32 Å². The predicted molar refractivity (Wildman–Crippen MR) is 108 cm³/mol. The highest BCUT2D eigenvalue weighted by Gasteiger charge is 2.23. The average Bonchev–Trinajstić information content (AvgIpc) is 2.63. The lowest BCUT2D eigenvalue weighted by Crippen LogP contribution is -2.50. The third-order valence-electron chi connectivity index (χ3n) is 4.95. The average molecular weight is 383 g/mol. The largest absolute Gasteiger partial charge is 0.336 e. The van der Waals surface area contributed by atoms with Crippen molar-refractivity contribution in [2.75, 3.05) is 38.0 Å². The number of carbonyl (C=O) groups is 2. The molecule has 0 radical (unpaired) electrons. The highest BCUT2D eigenvalue weighted by molar-refractivity contribution is 5.94. The second kappa shape index (κ2) is 8.52. The third kappa shape index (κ3) is 4.95. The Bertz CT molecular complexity index is 869. The molecule has 0 unspecified atom stereocenters. The number of hydrogen-bond acceptors (Lipinski definition) is 3. The molecule has 6 heteroatoms. The second-order valence-electron chi connectivity index (χ2n) is 7.46. The molecule has 0 atom stereocenters. The molecule has 1 fully saturated rings. The van der Waals surface area contributed by atoms with E-state index in [4.69, 9.17) is 0 Å². The van der Waals surface area contributed by atoms with Crippen LogP contribution in [-0.2, 0) is 4.79 Å². The summed E-state index contributed by atoms with van der Waals surface area (Å²) in [7, 11) is 0. The van der Waals surface area contributed by atoms with E-state index in [1.165, 1.54) is 6.07 Å². The standard InChI is InChI=1S/C22H26FN3O2/c1-15-10-16(2)12-19(11-15)24-21(27)14-25-6-8-26(9-7-25)22(28)18-5-4-17(3)20(23)13-18/h4-5,10-13H,6-9,14H2,1-3H3,(H,24,27). The van der Waals surface area contributed by atoms with E-state index in [9.17, 15) is 14.0 Å². The van der Waals surface area contributed by atoms with Crippen molar-refractivity contribution in [2.24, 2.45) is 0 Å². The maximum Gasteiger partial charge on any atom is 0.254 e. The maximum atomic E-state index is 13.7. The minimum Gasteiger partial charge on any atom is -0.336 e. The van der Waals surface area contributed by atoms with Crippen LogP contribution in [0.3, 0.4) is 0 Å². The van der Waals surface area contributed by atoms with Crippen LogP contribution in [0, 0.1) is 26.6 Å². The number of halogens is 1. The first-order chi connectivity index (χ1) is 13.3. The zero-order valence-electron chi connectivity index (χ0n) is 16.6. The normalized spacial score (nSPS) is 14.8. The summed E-state index contributed by atoms with van der Waals surface area (Å²) >= 11 is 0. The Labute approximate surface area is 165 Å². The molecule has 2 aromatic carbocycles. The monoisotopic (exact) mass is 383 g/mol. The molecule has 0 aliphatic carbocycles. The quantitative estimate of drug-likeness (QED) is 0.883. The molecular weight excluding hydrogens is 357 g/mol. The Hall–Kier alpha value is -2.73. The lowest BCUT2D eigenvalue weighted by atomic mass is 10.1. The van der Waals surface area contributed by atoms with Crippen molar-refractivity contribution >= 4 is 17.5 Å². The molecule has 1 aliphatic heterocycles. The molecule has 28 heavy (non-hydrogen) atoms. The Morgan fingerprint density at radius 3 is 2.21 bits per heavy atom. The number of benzene rings is 2. The van der Waals surface area contributed by atoms with Crippen LogP contribution in [0.2, 0.25) is 0 Å². The number of piperazine rings is 1. The number of anilines is 1. The lowest BCUT2D eigenvalue weighted by molar-refractivity contribution is -0.117. The van der Waals surface area contributed by atoms with E-state index in [0.717, 1.165) is 16.8 Å². The number of amides is 2. The van der Waals surface area contributed by atoms with Crippen LogP contribution in [0.25, 0.3) is 0 Å². The Kier molecular flexibility index (Phi) is 6.09. The van der Waals surface area contributed by atoms with Gasteiger partial charge in [-0.3, -0.25) is 14.5 Å². The number of nitrogens with one attached hydrogen (secondary N) is 1. The first kappa shape index (κ1) is 20.0. The number of hydrogen-bond donors (Lipinski definition) is 1. The van der Waals surface area contributed by atoms with Gasteiger partial charge in [0.15, 0.2) is 0 Å². The molecule has 0 spiro atoms. The molecule has 0 bridgehead atoms. The van der Waals surface area contributed by atoms with E-state index in [-0.39, 0.29) is 24.2 Å². The topological polar surface area (TPSA) is 52.7 Å². The van der Waals surface area contributed by atoms with Crippen LogP contribution in [0.15, 0.2) is 36.4 Å². The maximum absolute atomic E-state index is 13.7. The van der Waals surface area contributed by atoms with E-state index in [1.807, 2.05) is 30.9 Å². The van der Waals surface area contributed by atoms with Crippen molar-refractivity contribution in [3.8, 4) is 0 Å². The van der Waals surface area contributed by atoms with Gasteiger partial charge in [0.1, 0.15) is 5.82 Å². The summed E-state index contributed by atoms with van der Waals surface area (Å²) in [5.41, 5.74) is 3.91. The van der Waals surface area contributed by atoms with Crippen molar-refractivity contribution < 1.29 is 14.0 Å². The zero-order valence-corrected chi connectivity index (χ0v) is 16.6. The van der Waals surface area contributed by atoms with Gasteiger partial charge in [0.05, 0.1) is 6.54 Å². The number of carbonyl (C=O) groups excluding carboxylic acids is 2. The summed E-state index contributed by atoms with van der Waals surface area (Å²) < 4.78 is 13.7. The van der Waals surface area contributed by atoms with Gasteiger partial charge < -0.3 is 10.2 Å². The molecule has 0 aromatic heterocycles. The van der Waals surface area contributed by atoms with E-state index in [0.29, 0.717) is 37.3 Å². The second-order valence-corrected chi connectivity index (χ2v) is 7.46. The summed E-state index contributed by atoms with van der Waals surface area (Å²) in [6, 6.07) is 10.5. The summed E-state index contributed by atoms with van der Waals surface area (Å²) in [5, 5.41) is 2.94. The van der Waals surface area contributed by atoms with E-state index < -0.39 is 0 Å². The SMILES string of the molecule is Cc1cc(C)cc(NC(=O)CN2CCN(C(=O)c3ccc(C)c(F)c3)CC2)c1. The van der Waals surface area contributed by atoms with Gasteiger partial charge in [0, 0.05) is 37.4 Å². The fraction of sp³-hybridized carbons (Fsp3) is 0.364. The van der Waals surface area contributed by atoms with E-state index in [1.54, 1.807) is 24.0 Å². The molecule has 1 heterocycles. The van der Waals surface area contributed by atoms with Crippen molar-refractivity contribution in [1.82, 2.24) is 9.80 Å². The minimum absolute atomic E-state index is 0.0645. The summed E-state index contributed by atoms with van der Waals surface area (Å²) in [6.07, 6.45) is 0. The molecule has 3 rings (SSSR count). The first-order valence-electron chi connectivity index (χ1n) is 9.48. The molecule has 5 nitrogen and oxygen atoms in total. The molecule has 1 saturated heterocycles. The first-order valence-corrected chi connectivity index (χ1v) is 9.48. The Balaban J connectivity index is 1.51. The highest BCUT2D eigenvalue weighted by Crippen LogP contribution is 2.15. The molecule has 2 aromatic rings.